The van der Waals surface area contributed by atoms with Crippen molar-refractivity contribution in [3.8, 4) is 17.5 Å². The van der Waals surface area contributed by atoms with Crippen LogP contribution in [0.15, 0.2) is 35.9 Å². The molecule has 1 aliphatic rings. The maximum atomic E-state index is 12.4. The van der Waals surface area contributed by atoms with Crippen molar-refractivity contribution < 1.29 is 23.9 Å². The number of amides is 3. The summed E-state index contributed by atoms with van der Waals surface area (Å²) in [7, 11) is 0. The number of carbonyl (C=O) groups is 3. The summed E-state index contributed by atoms with van der Waals surface area (Å²) in [5.41, 5.74) is 3.08. The third-order valence-corrected chi connectivity index (χ3v) is 6.04. The van der Waals surface area contributed by atoms with Crippen LogP contribution in [0.5, 0.6) is 5.75 Å². The number of hydrogen-bond acceptors (Lipinski definition) is 6. The first-order valence-corrected chi connectivity index (χ1v) is 12.1. The average molecular weight is 493 g/mol. The molecule has 1 fully saturated rings. The van der Waals surface area contributed by atoms with Crippen LogP contribution < -0.4 is 15.4 Å². The van der Waals surface area contributed by atoms with E-state index in [2.05, 4.69) is 10.6 Å². The molecule has 1 aliphatic carbocycles. The van der Waals surface area contributed by atoms with E-state index in [4.69, 9.17) is 9.47 Å². The molecule has 2 N–H and O–H groups in total. The zero-order valence-corrected chi connectivity index (χ0v) is 20.9. The first-order valence-electron chi connectivity index (χ1n) is 12.1. The molecule has 3 rings (SSSR count). The number of hydrogen-bond donors (Lipinski definition) is 2. The lowest BCUT2D eigenvalue weighted by Crippen LogP contribution is -2.46. The molecule has 0 saturated heterocycles. The van der Waals surface area contributed by atoms with E-state index < -0.39 is 24.5 Å². The number of esters is 1. The van der Waals surface area contributed by atoms with Crippen LogP contribution in [-0.4, -0.2) is 41.7 Å². The number of nitrogens with zero attached hydrogens (tertiary/aromatic N) is 2. The van der Waals surface area contributed by atoms with Gasteiger partial charge in [0.15, 0.2) is 6.61 Å². The van der Waals surface area contributed by atoms with Gasteiger partial charge in [0.05, 0.1) is 6.61 Å². The molecule has 2 aromatic rings. The third kappa shape index (κ3) is 6.98. The highest BCUT2D eigenvalue weighted by atomic mass is 16.5. The number of rotatable bonds is 8. The summed E-state index contributed by atoms with van der Waals surface area (Å²) in [6.45, 7) is 5.65. The highest BCUT2D eigenvalue weighted by molar-refractivity contribution is 6.00. The lowest BCUT2D eigenvalue weighted by atomic mass is 9.96. The van der Waals surface area contributed by atoms with Gasteiger partial charge in [-0.1, -0.05) is 19.3 Å². The Kier molecular flexibility index (Phi) is 9.28. The van der Waals surface area contributed by atoms with Gasteiger partial charge in [-0.25, -0.2) is 9.59 Å². The number of ether oxygens (including phenoxy) is 2. The third-order valence-electron chi connectivity index (χ3n) is 6.04. The Labute approximate surface area is 211 Å². The second kappa shape index (κ2) is 12.6. The second-order valence-corrected chi connectivity index (χ2v) is 8.69. The van der Waals surface area contributed by atoms with Crippen molar-refractivity contribution in [1.82, 2.24) is 15.2 Å². The van der Waals surface area contributed by atoms with Crippen LogP contribution in [-0.2, 0) is 14.3 Å². The summed E-state index contributed by atoms with van der Waals surface area (Å²) in [5.74, 6) is -0.928. The van der Waals surface area contributed by atoms with Crippen molar-refractivity contribution in [2.24, 2.45) is 0 Å². The first kappa shape index (κ1) is 26.5. The van der Waals surface area contributed by atoms with E-state index in [9.17, 15) is 19.6 Å². The minimum atomic E-state index is -0.939. The summed E-state index contributed by atoms with van der Waals surface area (Å²) in [5, 5.41) is 14.4. The fraction of sp³-hybridized carbons (Fsp3) is 0.407. The van der Waals surface area contributed by atoms with Gasteiger partial charge in [0.2, 0.25) is 0 Å². The van der Waals surface area contributed by atoms with Crippen LogP contribution in [0, 0.1) is 25.2 Å². The maximum absolute atomic E-state index is 12.4. The number of benzene rings is 1. The molecule has 1 saturated carbocycles. The number of aryl methyl sites for hydroxylation is 1. The van der Waals surface area contributed by atoms with E-state index in [1.807, 2.05) is 61.7 Å². The van der Waals surface area contributed by atoms with Crippen LogP contribution in [0.4, 0.5) is 4.79 Å². The Balaban J connectivity index is 1.61. The van der Waals surface area contributed by atoms with Gasteiger partial charge in [-0.05, 0) is 75.6 Å². The van der Waals surface area contributed by atoms with Gasteiger partial charge < -0.3 is 19.4 Å². The molecule has 0 radical (unpaired) electrons. The van der Waals surface area contributed by atoms with Gasteiger partial charge in [0.25, 0.3) is 5.91 Å². The summed E-state index contributed by atoms with van der Waals surface area (Å²) in [4.78, 5) is 36.5. The topological polar surface area (TPSA) is 122 Å². The summed E-state index contributed by atoms with van der Waals surface area (Å²) < 4.78 is 12.5. The summed E-state index contributed by atoms with van der Waals surface area (Å²) in [6, 6.07) is 10.8. The molecule has 0 unspecified atom stereocenters. The maximum Gasteiger partial charge on any atom is 0.349 e. The molecular formula is C27H32N4O5. The number of nitriles is 1. The SMILES string of the molecule is CCOc1ccc(-n2c(C)cc(C=C(C#N)C(=O)OCC(=O)NC(=O)NC3CCCCC3)c2C)cc1. The molecule has 36 heavy (non-hydrogen) atoms. The van der Waals surface area contributed by atoms with Crippen molar-refractivity contribution in [3.63, 3.8) is 0 Å². The number of urea groups is 1. The molecule has 190 valence electrons. The zero-order chi connectivity index (χ0) is 26.1. The minimum absolute atomic E-state index is 0.0452. The Hall–Kier alpha value is -4.06. The van der Waals surface area contributed by atoms with E-state index in [-0.39, 0.29) is 11.6 Å². The van der Waals surface area contributed by atoms with Gasteiger partial charge in [-0.15, -0.1) is 0 Å². The molecule has 9 nitrogen and oxygen atoms in total. The largest absolute Gasteiger partial charge is 0.494 e. The standard InChI is InChI=1S/C27H32N4O5/c1-4-35-24-12-10-23(11-13-24)31-18(2)14-20(19(31)3)15-21(16-28)26(33)36-17-25(32)30-27(34)29-22-8-6-5-7-9-22/h10-15,22H,4-9,17H2,1-3H3,(H2,29,30,32,34). The van der Waals surface area contributed by atoms with Crippen LogP contribution in [0.25, 0.3) is 11.8 Å². The Bertz CT molecular complexity index is 1170. The summed E-state index contributed by atoms with van der Waals surface area (Å²) >= 11 is 0. The lowest BCUT2D eigenvalue weighted by Gasteiger charge is -2.22. The predicted octanol–water partition coefficient (Wildman–Crippen LogP) is 4.10. The Morgan fingerprint density at radius 3 is 2.47 bits per heavy atom. The van der Waals surface area contributed by atoms with E-state index in [1.165, 1.54) is 6.08 Å². The van der Waals surface area contributed by atoms with Crippen molar-refractivity contribution in [3.05, 3.63) is 52.9 Å². The first-order chi connectivity index (χ1) is 17.3. The van der Waals surface area contributed by atoms with E-state index in [0.29, 0.717) is 12.2 Å². The predicted molar refractivity (Wildman–Crippen MR) is 135 cm³/mol. The smallest absolute Gasteiger partial charge is 0.349 e. The molecule has 1 aromatic heterocycles. The highest BCUT2D eigenvalue weighted by Crippen LogP contribution is 2.24. The molecule has 1 aromatic carbocycles. The number of aromatic nitrogens is 1. The van der Waals surface area contributed by atoms with Crippen LogP contribution >= 0.6 is 0 Å². The van der Waals surface area contributed by atoms with Gasteiger partial charge >= 0.3 is 12.0 Å². The molecule has 0 bridgehead atoms. The molecule has 1 heterocycles. The Morgan fingerprint density at radius 2 is 1.83 bits per heavy atom. The number of imide groups is 1. The van der Waals surface area contributed by atoms with E-state index in [1.54, 1.807) is 0 Å². The minimum Gasteiger partial charge on any atom is -0.494 e. The second-order valence-electron chi connectivity index (χ2n) is 8.69. The van der Waals surface area contributed by atoms with Crippen molar-refractivity contribution >= 4 is 24.0 Å². The molecule has 9 heteroatoms. The zero-order valence-electron chi connectivity index (χ0n) is 20.9. The van der Waals surface area contributed by atoms with Gasteiger partial charge in [0, 0.05) is 23.1 Å². The normalized spacial score (nSPS) is 14.0. The van der Waals surface area contributed by atoms with Crippen LogP contribution in [0.2, 0.25) is 0 Å². The molecule has 0 atom stereocenters. The molecule has 0 aliphatic heterocycles. The van der Waals surface area contributed by atoms with Crippen LogP contribution in [0.1, 0.15) is 56.0 Å². The molecule has 0 spiro atoms. The number of nitrogens with one attached hydrogen (secondary N) is 2. The lowest BCUT2D eigenvalue weighted by molar-refractivity contribution is -0.144. The van der Waals surface area contributed by atoms with Crippen molar-refractivity contribution in [2.75, 3.05) is 13.2 Å². The monoisotopic (exact) mass is 492 g/mol. The van der Waals surface area contributed by atoms with Gasteiger partial charge in [-0.2, -0.15) is 5.26 Å². The van der Waals surface area contributed by atoms with Gasteiger partial charge in [0.1, 0.15) is 17.4 Å². The van der Waals surface area contributed by atoms with Crippen molar-refractivity contribution in [2.45, 2.75) is 58.9 Å². The molecular weight excluding hydrogens is 460 g/mol. The Morgan fingerprint density at radius 1 is 1.14 bits per heavy atom. The fourth-order valence-electron chi connectivity index (χ4n) is 4.32. The van der Waals surface area contributed by atoms with Crippen LogP contribution in [0.3, 0.4) is 0 Å². The van der Waals surface area contributed by atoms with E-state index in [0.717, 1.165) is 54.9 Å². The average Bonchev–Trinajstić information content (AvgIpc) is 3.14. The fourth-order valence-corrected chi connectivity index (χ4v) is 4.32. The van der Waals surface area contributed by atoms with Crippen molar-refractivity contribution in [1.29, 1.82) is 5.26 Å². The summed E-state index contributed by atoms with van der Waals surface area (Å²) in [6.07, 6.45) is 6.43. The number of carbonyl (C=O) groups excluding carboxylic acids is 3. The van der Waals surface area contributed by atoms with Gasteiger partial charge in [-0.3, -0.25) is 10.1 Å². The highest BCUT2D eigenvalue weighted by Gasteiger charge is 2.19. The quantitative estimate of drug-likeness (QED) is 0.325. The van der Waals surface area contributed by atoms with E-state index >= 15 is 0 Å². The molecule has 3 amide bonds.